The zero-order valence-corrected chi connectivity index (χ0v) is 22.5. The van der Waals surface area contributed by atoms with E-state index in [2.05, 4.69) is 13.8 Å². The molecule has 0 saturated heterocycles. The summed E-state index contributed by atoms with van der Waals surface area (Å²) >= 11 is 0. The summed E-state index contributed by atoms with van der Waals surface area (Å²) in [5.41, 5.74) is 6.57. The first kappa shape index (κ1) is 25.5. The summed E-state index contributed by atoms with van der Waals surface area (Å²) in [5, 5.41) is 0. The van der Waals surface area contributed by atoms with Gasteiger partial charge >= 0.3 is 0 Å². The zero-order chi connectivity index (χ0) is 26.0. The van der Waals surface area contributed by atoms with Crippen LogP contribution in [0.4, 0.5) is 11.4 Å². The van der Waals surface area contributed by atoms with Crippen LogP contribution in [-0.2, 0) is 9.59 Å². The van der Waals surface area contributed by atoms with Gasteiger partial charge in [0, 0.05) is 52.7 Å². The van der Waals surface area contributed by atoms with Crippen molar-refractivity contribution >= 4 is 34.6 Å². The standard InChI is InChI=1S/C30H38N4O2/c1-7-9-19-33-27(21-11-15-23(16-12-21)31(3)4)25-26(29(33)35)28(34(30(25)36)20-10-8-2)22-13-17-24(18-14-22)32(5)6/h11-18H,7-10,19-20H2,1-6H3. The van der Waals surface area contributed by atoms with Crippen LogP contribution in [0.15, 0.2) is 59.7 Å². The van der Waals surface area contributed by atoms with Gasteiger partial charge in [0.05, 0.1) is 22.5 Å². The summed E-state index contributed by atoms with van der Waals surface area (Å²) < 4.78 is 0. The molecule has 6 nitrogen and oxygen atoms in total. The monoisotopic (exact) mass is 486 g/mol. The fourth-order valence-corrected chi connectivity index (χ4v) is 4.89. The van der Waals surface area contributed by atoms with Crippen LogP contribution in [0.2, 0.25) is 0 Å². The van der Waals surface area contributed by atoms with E-state index < -0.39 is 0 Å². The molecule has 2 aromatic carbocycles. The highest BCUT2D eigenvalue weighted by Crippen LogP contribution is 2.47. The quantitative estimate of drug-likeness (QED) is 0.462. The van der Waals surface area contributed by atoms with Crippen LogP contribution in [-0.4, -0.2) is 62.9 Å². The van der Waals surface area contributed by atoms with Gasteiger partial charge in [-0.3, -0.25) is 9.59 Å². The summed E-state index contributed by atoms with van der Waals surface area (Å²) in [4.78, 5) is 35.8. The number of benzene rings is 2. The Morgan fingerprint density at radius 2 is 0.917 bits per heavy atom. The number of carbonyl (C=O) groups excluding carboxylic acids is 2. The van der Waals surface area contributed by atoms with Crippen LogP contribution < -0.4 is 9.80 Å². The first-order valence-electron chi connectivity index (χ1n) is 13.0. The fraction of sp³-hybridized carbons (Fsp3) is 0.400. The molecule has 0 bridgehead atoms. The van der Waals surface area contributed by atoms with E-state index in [1.807, 2.05) is 96.3 Å². The lowest BCUT2D eigenvalue weighted by atomic mass is 10.0. The highest BCUT2D eigenvalue weighted by atomic mass is 16.2. The molecule has 0 aliphatic carbocycles. The van der Waals surface area contributed by atoms with Crippen LogP contribution in [0.1, 0.15) is 50.7 Å². The zero-order valence-electron chi connectivity index (χ0n) is 22.5. The summed E-state index contributed by atoms with van der Waals surface area (Å²) in [7, 11) is 8.02. The second-order valence-electron chi connectivity index (χ2n) is 9.95. The third-order valence-electron chi connectivity index (χ3n) is 6.97. The average molecular weight is 487 g/mol. The van der Waals surface area contributed by atoms with E-state index in [4.69, 9.17) is 0 Å². The van der Waals surface area contributed by atoms with E-state index in [1.54, 1.807) is 0 Å². The van der Waals surface area contributed by atoms with E-state index in [0.717, 1.165) is 59.6 Å². The number of fused-ring (bicyclic) bond motifs is 1. The SMILES string of the molecule is CCCCN1C(=O)C2=C(c3ccc(N(C)C)cc3)N(CCCC)C(=O)C2=C1c1ccc(N(C)C)cc1. The van der Waals surface area contributed by atoms with Crippen molar-refractivity contribution in [2.24, 2.45) is 0 Å². The van der Waals surface area contributed by atoms with Gasteiger partial charge < -0.3 is 19.6 Å². The van der Waals surface area contributed by atoms with Crippen molar-refractivity contribution < 1.29 is 9.59 Å². The summed E-state index contributed by atoms with van der Waals surface area (Å²) in [6, 6.07) is 16.3. The van der Waals surface area contributed by atoms with E-state index >= 15 is 0 Å². The highest BCUT2D eigenvalue weighted by molar-refractivity contribution is 6.30. The van der Waals surface area contributed by atoms with Gasteiger partial charge in [-0.05, 0) is 48.2 Å². The second kappa shape index (κ2) is 10.6. The van der Waals surface area contributed by atoms with Gasteiger partial charge in [0.1, 0.15) is 0 Å². The van der Waals surface area contributed by atoms with Crippen molar-refractivity contribution in [3.63, 3.8) is 0 Å². The minimum Gasteiger partial charge on any atom is -0.378 e. The van der Waals surface area contributed by atoms with E-state index in [9.17, 15) is 9.59 Å². The summed E-state index contributed by atoms with van der Waals surface area (Å²) in [6.07, 6.45) is 3.71. The lowest BCUT2D eigenvalue weighted by molar-refractivity contribution is -0.124. The summed E-state index contributed by atoms with van der Waals surface area (Å²) in [6.45, 7) is 5.44. The van der Waals surface area contributed by atoms with Crippen molar-refractivity contribution in [1.82, 2.24) is 9.80 Å². The number of carbonyl (C=O) groups is 2. The molecule has 0 unspecified atom stereocenters. The van der Waals surface area contributed by atoms with E-state index in [-0.39, 0.29) is 11.8 Å². The molecule has 0 aromatic heterocycles. The molecular weight excluding hydrogens is 448 g/mol. The molecule has 36 heavy (non-hydrogen) atoms. The van der Waals surface area contributed by atoms with Gasteiger partial charge in [-0.15, -0.1) is 0 Å². The number of amides is 2. The molecule has 0 fully saturated rings. The van der Waals surface area contributed by atoms with Crippen LogP contribution in [0.25, 0.3) is 11.4 Å². The van der Waals surface area contributed by atoms with E-state index in [1.165, 1.54) is 0 Å². The Morgan fingerprint density at radius 1 is 0.583 bits per heavy atom. The average Bonchev–Trinajstić information content (AvgIpc) is 3.32. The molecule has 2 amide bonds. The fourth-order valence-electron chi connectivity index (χ4n) is 4.89. The van der Waals surface area contributed by atoms with Crippen molar-refractivity contribution in [2.45, 2.75) is 39.5 Å². The second-order valence-corrected chi connectivity index (χ2v) is 9.95. The molecule has 0 atom stereocenters. The van der Waals surface area contributed by atoms with Gasteiger partial charge in [-0.2, -0.15) is 0 Å². The summed E-state index contributed by atoms with van der Waals surface area (Å²) in [5.74, 6) is -0.131. The number of rotatable bonds is 10. The molecule has 0 radical (unpaired) electrons. The smallest absolute Gasteiger partial charge is 0.261 e. The Labute approximate surface area is 215 Å². The number of anilines is 2. The molecule has 0 saturated carbocycles. The molecule has 2 aromatic rings. The van der Waals surface area contributed by atoms with Crippen molar-refractivity contribution in [2.75, 3.05) is 51.1 Å². The van der Waals surface area contributed by atoms with Gasteiger partial charge in [-0.1, -0.05) is 51.0 Å². The Balaban J connectivity index is 1.92. The number of nitrogens with zero attached hydrogens (tertiary/aromatic N) is 4. The third kappa shape index (κ3) is 4.52. The van der Waals surface area contributed by atoms with Crippen molar-refractivity contribution in [3.05, 3.63) is 70.8 Å². The number of unbranched alkanes of at least 4 members (excludes halogenated alkanes) is 2. The maximum atomic E-state index is 14.0. The molecule has 190 valence electrons. The lowest BCUT2D eigenvalue weighted by Gasteiger charge is -2.25. The van der Waals surface area contributed by atoms with Crippen LogP contribution >= 0.6 is 0 Å². The molecule has 2 aliphatic rings. The molecule has 4 rings (SSSR count). The number of hydrogen-bond acceptors (Lipinski definition) is 4. The third-order valence-corrected chi connectivity index (χ3v) is 6.97. The van der Waals surface area contributed by atoms with Crippen LogP contribution in [0.3, 0.4) is 0 Å². The number of hydrogen-bond donors (Lipinski definition) is 0. The topological polar surface area (TPSA) is 47.1 Å². The Bertz CT molecular complexity index is 1090. The predicted molar refractivity (Wildman–Crippen MR) is 149 cm³/mol. The molecular formula is C30H38N4O2. The molecule has 6 heteroatoms. The normalized spacial score (nSPS) is 15.4. The first-order chi connectivity index (χ1) is 17.3. The first-order valence-corrected chi connectivity index (χ1v) is 13.0. The Hall–Kier alpha value is -3.54. The highest BCUT2D eigenvalue weighted by Gasteiger charge is 2.48. The minimum atomic E-state index is -0.0656. The predicted octanol–water partition coefficient (Wildman–Crippen LogP) is 5.23. The maximum Gasteiger partial charge on any atom is 0.261 e. The van der Waals surface area contributed by atoms with Gasteiger partial charge in [-0.25, -0.2) is 0 Å². The van der Waals surface area contributed by atoms with Gasteiger partial charge in [0.2, 0.25) is 0 Å². The molecule has 0 N–H and O–H groups in total. The molecule has 0 spiro atoms. The minimum absolute atomic E-state index is 0.0656. The molecule has 2 aliphatic heterocycles. The Kier molecular flexibility index (Phi) is 7.53. The van der Waals surface area contributed by atoms with Crippen molar-refractivity contribution in [1.29, 1.82) is 0 Å². The van der Waals surface area contributed by atoms with Crippen LogP contribution in [0.5, 0.6) is 0 Å². The van der Waals surface area contributed by atoms with Crippen LogP contribution in [0, 0.1) is 0 Å². The lowest BCUT2D eigenvalue weighted by Crippen LogP contribution is -2.31. The Morgan fingerprint density at radius 3 is 1.19 bits per heavy atom. The van der Waals surface area contributed by atoms with Gasteiger partial charge in [0.25, 0.3) is 11.8 Å². The molecule has 2 heterocycles. The van der Waals surface area contributed by atoms with Crippen molar-refractivity contribution in [3.8, 4) is 0 Å². The maximum absolute atomic E-state index is 14.0. The van der Waals surface area contributed by atoms with Gasteiger partial charge in [0.15, 0.2) is 0 Å². The largest absolute Gasteiger partial charge is 0.378 e. The van der Waals surface area contributed by atoms with E-state index in [0.29, 0.717) is 24.2 Å².